The van der Waals surface area contributed by atoms with Crippen molar-refractivity contribution < 1.29 is 0 Å². The van der Waals surface area contributed by atoms with Crippen LogP contribution in [0, 0.1) is 12.8 Å². The number of pyridine rings is 1. The van der Waals surface area contributed by atoms with Crippen molar-refractivity contribution in [3.05, 3.63) is 29.6 Å². The van der Waals surface area contributed by atoms with Crippen LogP contribution in [0.1, 0.15) is 31.4 Å². The van der Waals surface area contributed by atoms with Gasteiger partial charge in [0.2, 0.25) is 0 Å². The Hall–Kier alpha value is -0.890. The topological polar surface area (TPSA) is 24.9 Å². The molecule has 0 fully saturated rings. The van der Waals surface area contributed by atoms with Crippen LogP contribution in [0.3, 0.4) is 0 Å². The van der Waals surface area contributed by atoms with Crippen molar-refractivity contribution in [1.29, 1.82) is 0 Å². The fraction of sp³-hybridized carbons (Fsp3) is 0.615. The molecule has 1 rings (SSSR count). The molecule has 0 saturated heterocycles. The zero-order chi connectivity index (χ0) is 11.3. The van der Waals surface area contributed by atoms with Gasteiger partial charge in [-0.2, -0.15) is 0 Å². The Morgan fingerprint density at radius 1 is 1.33 bits per heavy atom. The standard InChI is InChI=1S/C13H22N2/c1-10(2)13(14-4)6-5-12-7-11(3)8-15-9-12/h7-10,13-14H,5-6H2,1-4H3. The van der Waals surface area contributed by atoms with E-state index < -0.39 is 0 Å². The second-order valence-corrected chi connectivity index (χ2v) is 4.55. The SMILES string of the molecule is CNC(CCc1cncc(C)c1)C(C)C. The van der Waals surface area contributed by atoms with Crippen molar-refractivity contribution >= 4 is 0 Å². The third-order valence-electron chi connectivity index (χ3n) is 2.85. The van der Waals surface area contributed by atoms with E-state index in [0.29, 0.717) is 12.0 Å². The molecule has 0 radical (unpaired) electrons. The summed E-state index contributed by atoms with van der Waals surface area (Å²) in [7, 11) is 2.04. The molecular weight excluding hydrogens is 184 g/mol. The number of nitrogens with zero attached hydrogens (tertiary/aromatic N) is 1. The van der Waals surface area contributed by atoms with Crippen molar-refractivity contribution in [3.63, 3.8) is 0 Å². The number of hydrogen-bond acceptors (Lipinski definition) is 2. The molecule has 0 aliphatic heterocycles. The third-order valence-corrected chi connectivity index (χ3v) is 2.85. The average Bonchev–Trinajstić information content (AvgIpc) is 2.18. The molecule has 2 heteroatoms. The van der Waals surface area contributed by atoms with Crippen LogP contribution < -0.4 is 5.32 Å². The maximum Gasteiger partial charge on any atom is 0.0300 e. The van der Waals surface area contributed by atoms with Crippen molar-refractivity contribution in [2.75, 3.05) is 7.05 Å². The largest absolute Gasteiger partial charge is 0.317 e. The predicted octanol–water partition coefficient (Wildman–Crippen LogP) is 2.57. The van der Waals surface area contributed by atoms with Crippen LogP contribution in [0.4, 0.5) is 0 Å². The summed E-state index contributed by atoms with van der Waals surface area (Å²) in [4.78, 5) is 4.21. The maximum absolute atomic E-state index is 4.21. The fourth-order valence-corrected chi connectivity index (χ4v) is 1.89. The summed E-state index contributed by atoms with van der Waals surface area (Å²) in [5.74, 6) is 0.688. The van der Waals surface area contributed by atoms with Crippen molar-refractivity contribution in [2.45, 2.75) is 39.7 Å². The average molecular weight is 206 g/mol. The minimum Gasteiger partial charge on any atom is -0.317 e. The lowest BCUT2D eigenvalue weighted by Crippen LogP contribution is -2.31. The quantitative estimate of drug-likeness (QED) is 0.801. The normalized spacial score (nSPS) is 13.1. The van der Waals surface area contributed by atoms with Gasteiger partial charge < -0.3 is 5.32 Å². The number of aryl methyl sites for hydroxylation is 2. The Morgan fingerprint density at radius 2 is 2.07 bits per heavy atom. The summed E-state index contributed by atoms with van der Waals surface area (Å²) in [6.45, 7) is 6.61. The summed E-state index contributed by atoms with van der Waals surface area (Å²) in [5, 5.41) is 3.37. The van der Waals surface area contributed by atoms with Crippen LogP contribution >= 0.6 is 0 Å². The summed E-state index contributed by atoms with van der Waals surface area (Å²) in [5.41, 5.74) is 2.59. The molecule has 0 bridgehead atoms. The Bertz CT molecular complexity index is 294. The molecule has 1 aromatic rings. The zero-order valence-electron chi connectivity index (χ0n) is 10.2. The first-order valence-electron chi connectivity index (χ1n) is 5.71. The van der Waals surface area contributed by atoms with Gasteiger partial charge in [-0.1, -0.05) is 19.9 Å². The first-order valence-corrected chi connectivity index (χ1v) is 5.71. The molecule has 0 amide bonds. The lowest BCUT2D eigenvalue weighted by atomic mass is 9.97. The number of aromatic nitrogens is 1. The Balaban J connectivity index is 2.49. The molecule has 1 heterocycles. The Kier molecular flexibility index (Phi) is 4.76. The van der Waals surface area contributed by atoms with E-state index in [2.05, 4.69) is 37.1 Å². The van der Waals surface area contributed by atoms with E-state index in [1.165, 1.54) is 17.5 Å². The van der Waals surface area contributed by atoms with Crippen LogP contribution in [0.2, 0.25) is 0 Å². The minimum absolute atomic E-state index is 0.602. The molecule has 1 N–H and O–H groups in total. The number of rotatable bonds is 5. The van der Waals surface area contributed by atoms with Crippen molar-refractivity contribution in [2.24, 2.45) is 5.92 Å². The second-order valence-electron chi connectivity index (χ2n) is 4.55. The van der Waals surface area contributed by atoms with Gasteiger partial charge in [0.1, 0.15) is 0 Å². The van der Waals surface area contributed by atoms with Gasteiger partial charge in [0.05, 0.1) is 0 Å². The molecule has 0 aliphatic carbocycles. The molecule has 1 atom stereocenters. The highest BCUT2D eigenvalue weighted by atomic mass is 14.9. The third kappa shape index (κ3) is 4.00. The molecule has 1 aromatic heterocycles. The molecule has 0 aromatic carbocycles. The second kappa shape index (κ2) is 5.86. The van der Waals surface area contributed by atoms with Gasteiger partial charge in [0, 0.05) is 18.4 Å². The van der Waals surface area contributed by atoms with Gasteiger partial charge in [-0.15, -0.1) is 0 Å². The van der Waals surface area contributed by atoms with Crippen LogP contribution in [-0.4, -0.2) is 18.1 Å². The summed E-state index contributed by atoms with van der Waals surface area (Å²) in [6, 6.07) is 2.82. The maximum atomic E-state index is 4.21. The van der Waals surface area contributed by atoms with Gasteiger partial charge in [-0.05, 0) is 43.9 Å². The molecule has 84 valence electrons. The number of nitrogens with one attached hydrogen (secondary N) is 1. The molecule has 0 aliphatic rings. The highest BCUT2D eigenvalue weighted by Gasteiger charge is 2.10. The van der Waals surface area contributed by atoms with Crippen molar-refractivity contribution in [1.82, 2.24) is 10.3 Å². The molecule has 0 saturated carbocycles. The molecular formula is C13H22N2. The van der Waals surface area contributed by atoms with E-state index in [0.717, 1.165) is 6.42 Å². The lowest BCUT2D eigenvalue weighted by molar-refractivity contribution is 0.403. The van der Waals surface area contributed by atoms with E-state index in [-0.39, 0.29) is 0 Å². The monoisotopic (exact) mass is 206 g/mol. The van der Waals surface area contributed by atoms with E-state index in [4.69, 9.17) is 0 Å². The van der Waals surface area contributed by atoms with Gasteiger partial charge >= 0.3 is 0 Å². The van der Waals surface area contributed by atoms with E-state index in [9.17, 15) is 0 Å². The fourth-order valence-electron chi connectivity index (χ4n) is 1.89. The van der Waals surface area contributed by atoms with Crippen LogP contribution in [0.15, 0.2) is 18.5 Å². The summed E-state index contributed by atoms with van der Waals surface area (Å²) >= 11 is 0. The Morgan fingerprint density at radius 3 is 2.60 bits per heavy atom. The summed E-state index contributed by atoms with van der Waals surface area (Å²) < 4.78 is 0. The first-order chi connectivity index (χ1) is 7.13. The van der Waals surface area contributed by atoms with Gasteiger partial charge in [-0.3, -0.25) is 4.98 Å². The Labute approximate surface area is 93.1 Å². The van der Waals surface area contributed by atoms with Gasteiger partial charge in [0.25, 0.3) is 0 Å². The molecule has 0 spiro atoms. The van der Waals surface area contributed by atoms with Crippen LogP contribution in [0.5, 0.6) is 0 Å². The van der Waals surface area contributed by atoms with E-state index in [1.807, 2.05) is 19.4 Å². The van der Waals surface area contributed by atoms with Crippen molar-refractivity contribution in [3.8, 4) is 0 Å². The highest BCUT2D eigenvalue weighted by Crippen LogP contribution is 2.11. The smallest absolute Gasteiger partial charge is 0.0300 e. The molecule has 15 heavy (non-hydrogen) atoms. The zero-order valence-corrected chi connectivity index (χ0v) is 10.2. The van der Waals surface area contributed by atoms with E-state index in [1.54, 1.807) is 0 Å². The lowest BCUT2D eigenvalue weighted by Gasteiger charge is -2.19. The minimum atomic E-state index is 0.602. The van der Waals surface area contributed by atoms with Crippen LogP contribution in [0.25, 0.3) is 0 Å². The molecule has 2 nitrogen and oxygen atoms in total. The van der Waals surface area contributed by atoms with Gasteiger partial charge in [0.15, 0.2) is 0 Å². The van der Waals surface area contributed by atoms with Crippen LogP contribution in [-0.2, 0) is 6.42 Å². The predicted molar refractivity (Wildman–Crippen MR) is 65.0 cm³/mol. The highest BCUT2D eigenvalue weighted by molar-refractivity contribution is 5.16. The molecule has 1 unspecified atom stereocenters. The first kappa shape index (κ1) is 12.2. The number of hydrogen-bond donors (Lipinski definition) is 1. The summed E-state index contributed by atoms with van der Waals surface area (Å²) in [6.07, 6.45) is 6.17. The van der Waals surface area contributed by atoms with Gasteiger partial charge in [-0.25, -0.2) is 0 Å². The van der Waals surface area contributed by atoms with E-state index >= 15 is 0 Å².